The van der Waals surface area contributed by atoms with Crippen molar-refractivity contribution in [3.8, 4) is 0 Å². The summed E-state index contributed by atoms with van der Waals surface area (Å²) in [7, 11) is 1.31. The van der Waals surface area contributed by atoms with Gasteiger partial charge in [-0.1, -0.05) is 55.9 Å². The molecule has 1 aromatic carbocycles. The average Bonchev–Trinajstić information content (AvgIpc) is 2.57. The number of hydrogen-bond donors (Lipinski definition) is 1. The van der Waals surface area contributed by atoms with Crippen molar-refractivity contribution in [3.63, 3.8) is 0 Å². The van der Waals surface area contributed by atoms with Gasteiger partial charge in [-0.3, -0.25) is 9.59 Å². The average molecular weight is 365 g/mol. The van der Waals surface area contributed by atoms with Crippen LogP contribution in [0.1, 0.15) is 32.8 Å². The number of benzene rings is 1. The third-order valence-electron chi connectivity index (χ3n) is 3.69. The summed E-state index contributed by atoms with van der Waals surface area (Å²) in [5.74, 6) is -0.446. The first-order valence-corrected chi connectivity index (χ1v) is 9.37. The molecule has 0 aliphatic carbocycles. The van der Waals surface area contributed by atoms with E-state index < -0.39 is 17.9 Å². The zero-order valence-electron chi connectivity index (χ0n) is 15.3. The van der Waals surface area contributed by atoms with Crippen molar-refractivity contribution < 1.29 is 19.1 Å². The largest absolute Gasteiger partial charge is 0.467 e. The first-order chi connectivity index (χ1) is 11.8. The number of nitrogens with one attached hydrogen (secondary N) is 1. The van der Waals surface area contributed by atoms with Gasteiger partial charge in [-0.25, -0.2) is 4.79 Å². The molecule has 6 heteroatoms. The highest BCUT2D eigenvalue weighted by Crippen LogP contribution is 2.17. The monoisotopic (exact) mass is 365 g/mol. The SMILES string of the molecule is COC(=O)[C@@H](CC(C)C)NC(=O)[C@@H](CSC(C)=O)Cc1ccccc1. The van der Waals surface area contributed by atoms with E-state index in [0.29, 0.717) is 18.6 Å². The summed E-state index contributed by atoms with van der Waals surface area (Å²) >= 11 is 1.13. The number of esters is 1. The molecule has 2 atom stereocenters. The predicted molar refractivity (Wildman–Crippen MR) is 100 cm³/mol. The van der Waals surface area contributed by atoms with Crippen molar-refractivity contribution in [3.05, 3.63) is 35.9 Å². The molecule has 0 bridgehead atoms. The van der Waals surface area contributed by atoms with E-state index in [9.17, 15) is 14.4 Å². The molecule has 0 saturated carbocycles. The van der Waals surface area contributed by atoms with Crippen LogP contribution in [0, 0.1) is 11.8 Å². The fourth-order valence-electron chi connectivity index (χ4n) is 2.46. The summed E-state index contributed by atoms with van der Waals surface area (Å²) in [6, 6.07) is 8.98. The Morgan fingerprint density at radius 1 is 1.16 bits per heavy atom. The molecule has 1 amide bonds. The van der Waals surface area contributed by atoms with Crippen LogP contribution in [0.5, 0.6) is 0 Å². The van der Waals surface area contributed by atoms with E-state index in [4.69, 9.17) is 4.74 Å². The van der Waals surface area contributed by atoms with Gasteiger partial charge in [0, 0.05) is 12.7 Å². The second-order valence-electron chi connectivity index (χ2n) is 6.40. The van der Waals surface area contributed by atoms with Gasteiger partial charge in [0.2, 0.25) is 5.91 Å². The van der Waals surface area contributed by atoms with E-state index in [2.05, 4.69) is 5.32 Å². The van der Waals surface area contributed by atoms with Gasteiger partial charge in [0.15, 0.2) is 5.12 Å². The van der Waals surface area contributed by atoms with Gasteiger partial charge < -0.3 is 10.1 Å². The highest BCUT2D eigenvalue weighted by Gasteiger charge is 2.27. The van der Waals surface area contributed by atoms with Crippen molar-refractivity contribution in [2.45, 2.75) is 39.7 Å². The maximum absolute atomic E-state index is 12.7. The fraction of sp³-hybridized carbons (Fsp3) is 0.526. The zero-order chi connectivity index (χ0) is 18.8. The summed E-state index contributed by atoms with van der Waals surface area (Å²) in [5, 5.41) is 2.77. The number of hydrogen-bond acceptors (Lipinski definition) is 5. The van der Waals surface area contributed by atoms with Gasteiger partial charge in [0.25, 0.3) is 0 Å². The molecule has 0 saturated heterocycles. The van der Waals surface area contributed by atoms with E-state index in [0.717, 1.165) is 17.3 Å². The molecule has 0 unspecified atom stereocenters. The van der Waals surface area contributed by atoms with Crippen LogP contribution in [0.2, 0.25) is 0 Å². The molecule has 1 rings (SSSR count). The predicted octanol–water partition coefficient (Wildman–Crippen LogP) is 2.83. The van der Waals surface area contributed by atoms with Crippen LogP contribution >= 0.6 is 11.8 Å². The normalized spacial score (nSPS) is 13.2. The lowest BCUT2D eigenvalue weighted by atomic mass is 9.98. The molecule has 0 aliphatic rings. The third-order valence-corrected chi connectivity index (χ3v) is 4.67. The minimum Gasteiger partial charge on any atom is -0.467 e. The van der Waals surface area contributed by atoms with Crippen LogP contribution in [0.4, 0.5) is 0 Å². The summed E-state index contributed by atoms with van der Waals surface area (Å²) in [6.07, 6.45) is 1.03. The number of carbonyl (C=O) groups is 3. The number of methoxy groups -OCH3 is 1. The van der Waals surface area contributed by atoms with E-state index in [1.54, 1.807) is 0 Å². The maximum atomic E-state index is 12.7. The van der Waals surface area contributed by atoms with Crippen molar-refractivity contribution in [1.82, 2.24) is 5.32 Å². The van der Waals surface area contributed by atoms with Crippen molar-refractivity contribution in [2.75, 3.05) is 12.9 Å². The van der Waals surface area contributed by atoms with E-state index in [-0.39, 0.29) is 16.9 Å². The van der Waals surface area contributed by atoms with E-state index in [1.165, 1.54) is 14.0 Å². The van der Waals surface area contributed by atoms with Crippen LogP contribution in [-0.2, 0) is 25.5 Å². The standard InChI is InChI=1S/C19H27NO4S/c1-13(2)10-17(19(23)24-4)20-18(22)16(12-25-14(3)21)11-15-8-6-5-7-9-15/h5-9,13,16-17H,10-12H2,1-4H3,(H,20,22)/t16-,17-/m1/s1. The molecular formula is C19H27NO4S. The Balaban J connectivity index is 2.84. The number of ether oxygens (including phenoxy) is 1. The van der Waals surface area contributed by atoms with Crippen LogP contribution in [0.3, 0.4) is 0 Å². The molecule has 0 fully saturated rings. The topological polar surface area (TPSA) is 72.5 Å². The smallest absolute Gasteiger partial charge is 0.328 e. The second kappa shape index (κ2) is 10.9. The lowest BCUT2D eigenvalue weighted by Gasteiger charge is -2.22. The quantitative estimate of drug-likeness (QED) is 0.681. The number of carbonyl (C=O) groups excluding carboxylic acids is 3. The first kappa shape index (κ1) is 21.2. The molecule has 0 spiro atoms. The summed E-state index contributed by atoms with van der Waals surface area (Å²) in [5.41, 5.74) is 1.02. The Bertz CT molecular complexity index is 574. The van der Waals surface area contributed by atoms with Crippen LogP contribution < -0.4 is 5.32 Å². The van der Waals surface area contributed by atoms with Gasteiger partial charge in [0.05, 0.1) is 13.0 Å². The van der Waals surface area contributed by atoms with Gasteiger partial charge >= 0.3 is 5.97 Å². The van der Waals surface area contributed by atoms with Crippen molar-refractivity contribution >= 4 is 28.8 Å². The molecule has 25 heavy (non-hydrogen) atoms. The lowest BCUT2D eigenvalue weighted by Crippen LogP contribution is -2.46. The van der Waals surface area contributed by atoms with Crippen LogP contribution in [0.15, 0.2) is 30.3 Å². The summed E-state index contributed by atoms with van der Waals surface area (Å²) in [6.45, 7) is 5.45. The number of thioether (sulfide) groups is 1. The minimum absolute atomic E-state index is 0.0300. The van der Waals surface area contributed by atoms with Crippen LogP contribution in [-0.4, -0.2) is 35.9 Å². The third kappa shape index (κ3) is 8.20. The van der Waals surface area contributed by atoms with Crippen LogP contribution in [0.25, 0.3) is 0 Å². The van der Waals surface area contributed by atoms with Gasteiger partial charge in [-0.05, 0) is 24.3 Å². The number of rotatable bonds is 9. The lowest BCUT2D eigenvalue weighted by molar-refractivity contribution is -0.146. The van der Waals surface area contributed by atoms with Crippen molar-refractivity contribution in [1.29, 1.82) is 0 Å². The minimum atomic E-state index is -0.668. The van der Waals surface area contributed by atoms with Gasteiger partial charge in [-0.15, -0.1) is 0 Å². The van der Waals surface area contributed by atoms with E-state index in [1.807, 2.05) is 44.2 Å². The maximum Gasteiger partial charge on any atom is 0.328 e. The fourth-order valence-corrected chi connectivity index (χ4v) is 3.17. The molecule has 1 aromatic rings. The summed E-state index contributed by atoms with van der Waals surface area (Å²) < 4.78 is 4.80. The first-order valence-electron chi connectivity index (χ1n) is 8.39. The molecular weight excluding hydrogens is 338 g/mol. The Labute approximate surface area is 153 Å². The molecule has 0 heterocycles. The molecule has 1 N–H and O–H groups in total. The summed E-state index contributed by atoms with van der Waals surface area (Å²) in [4.78, 5) is 36.0. The Morgan fingerprint density at radius 2 is 1.80 bits per heavy atom. The highest BCUT2D eigenvalue weighted by molar-refractivity contribution is 8.13. The van der Waals surface area contributed by atoms with E-state index >= 15 is 0 Å². The molecule has 0 aromatic heterocycles. The highest BCUT2D eigenvalue weighted by atomic mass is 32.2. The van der Waals surface area contributed by atoms with Gasteiger partial charge in [0.1, 0.15) is 6.04 Å². The number of amides is 1. The van der Waals surface area contributed by atoms with Crippen molar-refractivity contribution in [2.24, 2.45) is 11.8 Å². The van der Waals surface area contributed by atoms with Gasteiger partial charge in [-0.2, -0.15) is 0 Å². The zero-order valence-corrected chi connectivity index (χ0v) is 16.1. The molecule has 0 radical (unpaired) electrons. The Morgan fingerprint density at radius 3 is 2.32 bits per heavy atom. The Hall–Kier alpha value is -1.82. The molecule has 5 nitrogen and oxygen atoms in total. The molecule has 138 valence electrons. The second-order valence-corrected chi connectivity index (χ2v) is 7.60. The molecule has 0 aliphatic heterocycles. The Kier molecular flexibility index (Phi) is 9.27.